The van der Waals surface area contributed by atoms with Gasteiger partial charge in [0.15, 0.2) is 17.0 Å². The molecule has 0 spiro atoms. The molecule has 0 aliphatic heterocycles. The normalized spacial score (nSPS) is 13.1. The number of fused-ring (bicyclic) bond motifs is 1. The van der Waals surface area contributed by atoms with Crippen LogP contribution in [-0.2, 0) is 6.54 Å². The highest BCUT2D eigenvalue weighted by molar-refractivity contribution is 5.81. The van der Waals surface area contributed by atoms with Gasteiger partial charge >= 0.3 is 0 Å². The van der Waals surface area contributed by atoms with Gasteiger partial charge in [0, 0.05) is 0 Å². The van der Waals surface area contributed by atoms with Crippen molar-refractivity contribution in [1.82, 2.24) is 25.0 Å². The van der Waals surface area contributed by atoms with Crippen LogP contribution in [0, 0.1) is 0 Å². The third kappa shape index (κ3) is 1.73. The predicted octanol–water partition coefficient (Wildman–Crippen LogP) is -2.26. The van der Waals surface area contributed by atoms with Crippen LogP contribution in [0.25, 0.3) is 11.2 Å². The molecule has 0 radical (unpaired) electrons. The molecule has 0 saturated heterocycles. The van der Waals surface area contributed by atoms with E-state index in [-0.39, 0.29) is 24.9 Å². The molecule has 6 N–H and O–H groups in total. The Labute approximate surface area is 89.7 Å². The summed E-state index contributed by atoms with van der Waals surface area (Å²) in [6.07, 6.45) is -0.942. The zero-order valence-corrected chi connectivity index (χ0v) is 8.28. The van der Waals surface area contributed by atoms with Crippen molar-refractivity contribution in [1.29, 1.82) is 0 Å². The molecule has 9 nitrogen and oxygen atoms in total. The third-order valence-electron chi connectivity index (χ3n) is 2.00. The van der Waals surface area contributed by atoms with E-state index in [0.29, 0.717) is 11.2 Å². The van der Waals surface area contributed by atoms with Crippen LogP contribution in [0.3, 0.4) is 0 Å². The zero-order chi connectivity index (χ0) is 11.7. The standard InChI is InChI=1S/C7H11N7O2/c8-5-4-6(11-7(9)10-5)14(13-12-4)1-3(16)2-15/h3,15-16H,1-2H2,(H4,8,9,10,11)/t3-/m0/s1. The van der Waals surface area contributed by atoms with E-state index in [9.17, 15) is 5.11 Å². The fourth-order valence-corrected chi connectivity index (χ4v) is 1.27. The summed E-state index contributed by atoms with van der Waals surface area (Å²) in [4.78, 5) is 7.65. The average Bonchev–Trinajstić information content (AvgIpc) is 2.61. The number of anilines is 2. The first-order valence-electron chi connectivity index (χ1n) is 4.53. The van der Waals surface area contributed by atoms with Crippen LogP contribution in [0.4, 0.5) is 11.8 Å². The number of aromatic nitrogens is 5. The van der Waals surface area contributed by atoms with Gasteiger partial charge in [0.05, 0.1) is 19.3 Å². The summed E-state index contributed by atoms with van der Waals surface area (Å²) in [7, 11) is 0. The monoisotopic (exact) mass is 225 g/mol. The predicted molar refractivity (Wildman–Crippen MR) is 55.0 cm³/mol. The summed E-state index contributed by atoms with van der Waals surface area (Å²) in [6.45, 7) is -0.319. The number of aliphatic hydroxyl groups excluding tert-OH is 2. The molecule has 9 heteroatoms. The van der Waals surface area contributed by atoms with E-state index in [0.717, 1.165) is 0 Å². The maximum atomic E-state index is 9.28. The smallest absolute Gasteiger partial charge is 0.224 e. The Bertz CT molecular complexity index is 511. The second kappa shape index (κ2) is 3.87. The first-order valence-corrected chi connectivity index (χ1v) is 4.53. The number of nitrogens with two attached hydrogens (primary N) is 2. The molecule has 1 atom stereocenters. The van der Waals surface area contributed by atoms with Gasteiger partial charge < -0.3 is 21.7 Å². The van der Waals surface area contributed by atoms with Gasteiger partial charge in [0.25, 0.3) is 0 Å². The minimum atomic E-state index is -0.942. The molecule has 0 aromatic carbocycles. The van der Waals surface area contributed by atoms with Crippen LogP contribution in [0.5, 0.6) is 0 Å². The first-order chi connectivity index (χ1) is 7.61. The molecule has 0 amide bonds. The molecule has 86 valence electrons. The molecule has 0 fully saturated rings. The molecule has 0 bridgehead atoms. The quantitative estimate of drug-likeness (QED) is 0.457. The molecule has 2 rings (SSSR count). The fraction of sp³-hybridized carbons (Fsp3) is 0.429. The van der Waals surface area contributed by atoms with Gasteiger partial charge in [0.2, 0.25) is 5.95 Å². The average molecular weight is 225 g/mol. The molecule has 2 aromatic heterocycles. The van der Waals surface area contributed by atoms with E-state index in [1.54, 1.807) is 0 Å². The molecule has 0 unspecified atom stereocenters. The van der Waals surface area contributed by atoms with E-state index in [4.69, 9.17) is 16.6 Å². The van der Waals surface area contributed by atoms with Gasteiger partial charge in [-0.05, 0) is 0 Å². The summed E-state index contributed by atoms with van der Waals surface area (Å²) in [5.74, 6) is 0.138. The van der Waals surface area contributed by atoms with Crippen molar-refractivity contribution < 1.29 is 10.2 Å². The van der Waals surface area contributed by atoms with Gasteiger partial charge in [-0.3, -0.25) is 0 Å². The summed E-state index contributed by atoms with van der Waals surface area (Å²) in [5.41, 5.74) is 11.7. The lowest BCUT2D eigenvalue weighted by atomic mass is 10.4. The number of nitrogen functional groups attached to an aromatic ring is 2. The Morgan fingerprint density at radius 1 is 1.31 bits per heavy atom. The maximum Gasteiger partial charge on any atom is 0.224 e. The molecule has 0 aliphatic rings. The van der Waals surface area contributed by atoms with Crippen molar-refractivity contribution in [2.45, 2.75) is 12.6 Å². The van der Waals surface area contributed by atoms with E-state index < -0.39 is 6.10 Å². The minimum Gasteiger partial charge on any atom is -0.394 e. The van der Waals surface area contributed by atoms with Gasteiger partial charge in [0.1, 0.15) is 0 Å². The first kappa shape index (κ1) is 10.5. The van der Waals surface area contributed by atoms with Crippen molar-refractivity contribution >= 4 is 22.9 Å². The highest BCUT2D eigenvalue weighted by Gasteiger charge is 2.13. The number of hydrogen-bond donors (Lipinski definition) is 4. The highest BCUT2D eigenvalue weighted by atomic mass is 16.3. The topological polar surface area (TPSA) is 149 Å². The third-order valence-corrected chi connectivity index (χ3v) is 2.00. The fourth-order valence-electron chi connectivity index (χ4n) is 1.27. The molecule has 2 heterocycles. The van der Waals surface area contributed by atoms with E-state index in [2.05, 4.69) is 20.3 Å². The summed E-state index contributed by atoms with van der Waals surface area (Å²) in [6, 6.07) is 0. The second-order valence-electron chi connectivity index (χ2n) is 3.25. The molecular weight excluding hydrogens is 214 g/mol. The van der Waals surface area contributed by atoms with Crippen molar-refractivity contribution in [2.75, 3.05) is 18.1 Å². The van der Waals surface area contributed by atoms with Gasteiger partial charge in [-0.1, -0.05) is 5.21 Å². The van der Waals surface area contributed by atoms with Crippen LogP contribution in [0.1, 0.15) is 0 Å². The minimum absolute atomic E-state index is 0.00652. The highest BCUT2D eigenvalue weighted by Crippen LogP contribution is 2.15. The Kier molecular flexibility index (Phi) is 2.54. The van der Waals surface area contributed by atoms with E-state index in [1.165, 1.54) is 4.68 Å². The largest absolute Gasteiger partial charge is 0.394 e. The number of hydrogen-bond acceptors (Lipinski definition) is 8. The van der Waals surface area contributed by atoms with Gasteiger partial charge in [-0.25, -0.2) is 4.68 Å². The maximum absolute atomic E-state index is 9.28. The lowest BCUT2D eigenvalue weighted by Gasteiger charge is -2.06. The molecule has 2 aromatic rings. The van der Waals surface area contributed by atoms with Gasteiger partial charge in [-0.15, -0.1) is 5.10 Å². The van der Waals surface area contributed by atoms with E-state index in [1.807, 2.05) is 0 Å². The summed E-state index contributed by atoms with van der Waals surface area (Å²) < 4.78 is 1.31. The molecule has 16 heavy (non-hydrogen) atoms. The van der Waals surface area contributed by atoms with Crippen LogP contribution < -0.4 is 11.5 Å². The second-order valence-corrected chi connectivity index (χ2v) is 3.25. The Morgan fingerprint density at radius 3 is 2.75 bits per heavy atom. The number of rotatable bonds is 3. The summed E-state index contributed by atoms with van der Waals surface area (Å²) >= 11 is 0. The molecule has 0 saturated carbocycles. The Balaban J connectivity index is 2.47. The van der Waals surface area contributed by atoms with Gasteiger partial charge in [-0.2, -0.15) is 9.97 Å². The van der Waals surface area contributed by atoms with Crippen molar-refractivity contribution in [3.05, 3.63) is 0 Å². The zero-order valence-electron chi connectivity index (χ0n) is 8.28. The van der Waals surface area contributed by atoms with Crippen LogP contribution in [0.2, 0.25) is 0 Å². The van der Waals surface area contributed by atoms with Crippen LogP contribution in [-0.4, -0.2) is 47.9 Å². The molecular formula is C7H11N7O2. The van der Waals surface area contributed by atoms with Crippen LogP contribution >= 0.6 is 0 Å². The number of aliphatic hydroxyl groups is 2. The Morgan fingerprint density at radius 2 is 2.06 bits per heavy atom. The number of nitrogens with zero attached hydrogens (tertiary/aromatic N) is 5. The summed E-state index contributed by atoms with van der Waals surface area (Å²) in [5, 5.41) is 25.5. The van der Waals surface area contributed by atoms with Crippen molar-refractivity contribution in [3.63, 3.8) is 0 Å². The SMILES string of the molecule is Nc1nc(N)c2nnn(C[C@H](O)CO)c2n1. The van der Waals surface area contributed by atoms with Crippen molar-refractivity contribution in [2.24, 2.45) is 0 Å². The van der Waals surface area contributed by atoms with Crippen LogP contribution in [0.15, 0.2) is 0 Å². The molecule has 0 aliphatic carbocycles. The lowest BCUT2D eigenvalue weighted by Crippen LogP contribution is -2.21. The van der Waals surface area contributed by atoms with Crippen molar-refractivity contribution in [3.8, 4) is 0 Å². The van der Waals surface area contributed by atoms with E-state index >= 15 is 0 Å². The lowest BCUT2D eigenvalue weighted by molar-refractivity contribution is 0.0787. The Hall–Kier alpha value is -2.00.